The molecule has 1 atom stereocenters. The first-order valence-corrected chi connectivity index (χ1v) is 5.30. The van der Waals surface area contributed by atoms with Crippen molar-refractivity contribution in [3.63, 3.8) is 0 Å². The summed E-state index contributed by atoms with van der Waals surface area (Å²) < 4.78 is 4.97. The molecule has 70 valence electrons. The number of carbonyl (C=O) groups excluding carboxylic acids is 1. The fourth-order valence-corrected chi connectivity index (χ4v) is 2.04. The zero-order valence-electron chi connectivity index (χ0n) is 7.58. The lowest BCUT2D eigenvalue weighted by atomic mass is 10.3. The second-order valence-corrected chi connectivity index (χ2v) is 4.04. The highest BCUT2D eigenvalue weighted by atomic mass is 32.2. The van der Waals surface area contributed by atoms with E-state index >= 15 is 0 Å². The molecule has 0 aliphatic carbocycles. The lowest BCUT2D eigenvalue weighted by Crippen LogP contribution is -2.43. The zero-order chi connectivity index (χ0) is 8.97. The van der Waals surface area contributed by atoms with E-state index in [1.54, 1.807) is 14.0 Å². The van der Waals surface area contributed by atoms with Crippen LogP contribution in [0.5, 0.6) is 0 Å². The van der Waals surface area contributed by atoms with Gasteiger partial charge in [0.25, 0.3) is 5.91 Å². The normalized spacial score (nSPS) is 20.7. The van der Waals surface area contributed by atoms with Crippen LogP contribution in [0.4, 0.5) is 0 Å². The number of nitrogens with zero attached hydrogens (tertiary/aromatic N) is 1. The van der Waals surface area contributed by atoms with Gasteiger partial charge in [0, 0.05) is 31.7 Å². The number of hydrogen-bond donors (Lipinski definition) is 0. The Morgan fingerprint density at radius 2 is 2.08 bits per heavy atom. The van der Waals surface area contributed by atoms with Crippen molar-refractivity contribution in [1.82, 2.24) is 4.90 Å². The van der Waals surface area contributed by atoms with E-state index in [0.29, 0.717) is 0 Å². The average molecular weight is 189 g/mol. The molecule has 0 bridgehead atoms. The highest BCUT2D eigenvalue weighted by molar-refractivity contribution is 7.99. The van der Waals surface area contributed by atoms with Crippen LogP contribution >= 0.6 is 11.8 Å². The smallest absolute Gasteiger partial charge is 0.251 e. The molecule has 1 rings (SSSR count). The largest absolute Gasteiger partial charge is 0.372 e. The number of rotatable bonds is 2. The van der Waals surface area contributed by atoms with E-state index in [0.717, 1.165) is 24.6 Å². The molecule has 12 heavy (non-hydrogen) atoms. The molecule has 0 spiro atoms. The molecule has 3 nitrogen and oxygen atoms in total. The van der Waals surface area contributed by atoms with Crippen molar-refractivity contribution in [2.24, 2.45) is 0 Å². The molecule has 0 aromatic heterocycles. The summed E-state index contributed by atoms with van der Waals surface area (Å²) in [5.41, 5.74) is 0. The lowest BCUT2D eigenvalue weighted by molar-refractivity contribution is -0.140. The van der Waals surface area contributed by atoms with E-state index in [-0.39, 0.29) is 12.0 Å². The Bertz CT molecular complexity index is 157. The van der Waals surface area contributed by atoms with Crippen molar-refractivity contribution >= 4 is 17.7 Å². The molecule has 1 amide bonds. The summed E-state index contributed by atoms with van der Waals surface area (Å²) in [7, 11) is 1.57. The van der Waals surface area contributed by atoms with Crippen LogP contribution in [0.3, 0.4) is 0 Å². The fourth-order valence-electron chi connectivity index (χ4n) is 1.14. The Hall–Kier alpha value is -0.220. The molecule has 0 saturated carbocycles. The molecule has 0 aromatic rings. The number of amides is 1. The first-order valence-electron chi connectivity index (χ1n) is 4.15. The summed E-state index contributed by atoms with van der Waals surface area (Å²) in [6.07, 6.45) is -0.284. The first kappa shape index (κ1) is 9.86. The topological polar surface area (TPSA) is 29.5 Å². The highest BCUT2D eigenvalue weighted by Crippen LogP contribution is 2.10. The third-order valence-corrected chi connectivity index (χ3v) is 2.97. The molecule has 1 saturated heterocycles. The number of thioether (sulfide) groups is 1. The number of hydrogen-bond acceptors (Lipinski definition) is 3. The predicted octanol–water partition coefficient (Wildman–Crippen LogP) is 0.597. The summed E-state index contributed by atoms with van der Waals surface area (Å²) in [6.45, 7) is 3.54. The van der Waals surface area contributed by atoms with Gasteiger partial charge in [0.15, 0.2) is 0 Å². The molecule has 0 aromatic carbocycles. The Kier molecular flexibility index (Phi) is 3.88. The van der Waals surface area contributed by atoms with E-state index < -0.39 is 0 Å². The number of ether oxygens (including phenoxy) is 1. The van der Waals surface area contributed by atoms with Crippen LogP contribution in [0.15, 0.2) is 0 Å². The summed E-state index contributed by atoms with van der Waals surface area (Å²) in [5.74, 6) is 2.24. The van der Waals surface area contributed by atoms with Crippen molar-refractivity contribution in [2.75, 3.05) is 31.7 Å². The third-order valence-electron chi connectivity index (χ3n) is 2.02. The van der Waals surface area contributed by atoms with Gasteiger partial charge in [-0.15, -0.1) is 0 Å². The minimum Gasteiger partial charge on any atom is -0.372 e. The quantitative estimate of drug-likeness (QED) is 0.637. The van der Waals surface area contributed by atoms with Gasteiger partial charge in [0.05, 0.1) is 0 Å². The van der Waals surface area contributed by atoms with Crippen molar-refractivity contribution in [2.45, 2.75) is 13.0 Å². The Balaban J connectivity index is 2.39. The Morgan fingerprint density at radius 3 is 2.58 bits per heavy atom. The van der Waals surface area contributed by atoms with Gasteiger partial charge in [-0.25, -0.2) is 0 Å². The maximum Gasteiger partial charge on any atom is 0.251 e. The molecule has 4 heteroatoms. The summed E-state index contributed by atoms with van der Waals surface area (Å²) in [5, 5.41) is 0. The second kappa shape index (κ2) is 4.72. The van der Waals surface area contributed by atoms with Gasteiger partial charge in [-0.2, -0.15) is 11.8 Å². The minimum absolute atomic E-state index is 0.123. The minimum atomic E-state index is -0.284. The summed E-state index contributed by atoms with van der Waals surface area (Å²) in [6, 6.07) is 0. The molecule has 0 N–H and O–H groups in total. The molecule has 1 fully saturated rings. The molecule has 1 aliphatic heterocycles. The van der Waals surface area contributed by atoms with Gasteiger partial charge in [-0.05, 0) is 6.92 Å². The van der Waals surface area contributed by atoms with Crippen LogP contribution < -0.4 is 0 Å². The van der Waals surface area contributed by atoms with E-state index in [1.807, 2.05) is 16.7 Å². The molecule has 1 heterocycles. The molecule has 1 aliphatic rings. The van der Waals surface area contributed by atoms with Gasteiger partial charge in [-0.1, -0.05) is 0 Å². The van der Waals surface area contributed by atoms with E-state index in [2.05, 4.69) is 0 Å². The molecule has 0 radical (unpaired) electrons. The van der Waals surface area contributed by atoms with Crippen LogP contribution in [0.1, 0.15) is 6.92 Å². The van der Waals surface area contributed by atoms with Crippen molar-refractivity contribution in [3.8, 4) is 0 Å². The average Bonchev–Trinajstić information content (AvgIpc) is 2.17. The van der Waals surface area contributed by atoms with E-state index in [1.165, 1.54) is 0 Å². The zero-order valence-corrected chi connectivity index (χ0v) is 8.39. The number of carbonyl (C=O) groups is 1. The van der Waals surface area contributed by atoms with Crippen molar-refractivity contribution in [3.05, 3.63) is 0 Å². The maximum absolute atomic E-state index is 11.5. The van der Waals surface area contributed by atoms with Gasteiger partial charge < -0.3 is 9.64 Å². The van der Waals surface area contributed by atoms with Gasteiger partial charge in [-0.3, -0.25) is 4.79 Å². The van der Waals surface area contributed by atoms with Gasteiger partial charge in [0.2, 0.25) is 0 Å². The predicted molar refractivity (Wildman–Crippen MR) is 50.4 cm³/mol. The van der Waals surface area contributed by atoms with Crippen LogP contribution in [-0.4, -0.2) is 48.6 Å². The van der Waals surface area contributed by atoms with Crippen LogP contribution in [0, 0.1) is 0 Å². The van der Waals surface area contributed by atoms with Gasteiger partial charge in [0.1, 0.15) is 6.10 Å². The Morgan fingerprint density at radius 1 is 1.50 bits per heavy atom. The number of methoxy groups -OCH3 is 1. The van der Waals surface area contributed by atoms with Crippen molar-refractivity contribution in [1.29, 1.82) is 0 Å². The van der Waals surface area contributed by atoms with E-state index in [4.69, 9.17) is 4.74 Å². The van der Waals surface area contributed by atoms with Gasteiger partial charge >= 0.3 is 0 Å². The van der Waals surface area contributed by atoms with Crippen LogP contribution in [0.25, 0.3) is 0 Å². The maximum atomic E-state index is 11.5. The first-order chi connectivity index (χ1) is 5.75. The Labute approximate surface area is 77.4 Å². The standard InChI is InChI=1S/C8H15NO2S/c1-7(11-2)8(10)9-3-5-12-6-4-9/h7H,3-6H2,1-2H3. The molecular weight excluding hydrogens is 174 g/mol. The lowest BCUT2D eigenvalue weighted by Gasteiger charge is -2.28. The second-order valence-electron chi connectivity index (χ2n) is 2.82. The van der Waals surface area contributed by atoms with Crippen LogP contribution in [0.2, 0.25) is 0 Å². The summed E-state index contributed by atoms with van der Waals surface area (Å²) in [4.78, 5) is 13.4. The molecule has 1 unspecified atom stereocenters. The highest BCUT2D eigenvalue weighted by Gasteiger charge is 2.21. The van der Waals surface area contributed by atoms with E-state index in [9.17, 15) is 4.79 Å². The SMILES string of the molecule is COC(C)C(=O)N1CCSCC1. The molecular formula is C8H15NO2S. The van der Waals surface area contributed by atoms with Crippen LogP contribution in [-0.2, 0) is 9.53 Å². The summed E-state index contributed by atoms with van der Waals surface area (Å²) >= 11 is 1.90. The van der Waals surface area contributed by atoms with Crippen molar-refractivity contribution < 1.29 is 9.53 Å². The fraction of sp³-hybridized carbons (Fsp3) is 0.875. The third kappa shape index (κ3) is 2.38. The monoisotopic (exact) mass is 189 g/mol.